The molecule has 2 aromatic rings. The maximum Gasteiger partial charge on any atom is 0.345 e. The van der Waals surface area contributed by atoms with Crippen LogP contribution in [0.25, 0.3) is 0 Å². The maximum atomic E-state index is 11.6. The van der Waals surface area contributed by atoms with Gasteiger partial charge in [0, 0.05) is 6.20 Å². The van der Waals surface area contributed by atoms with E-state index in [1.54, 1.807) is 0 Å². The average molecular weight is 343 g/mol. The Labute approximate surface area is 132 Å². The van der Waals surface area contributed by atoms with E-state index in [2.05, 4.69) is 15.3 Å². The molecule has 0 aliphatic carbocycles. The van der Waals surface area contributed by atoms with Gasteiger partial charge < -0.3 is 4.74 Å². The molecule has 1 amide bonds. The average Bonchev–Trinajstić information content (AvgIpc) is 2.94. The van der Waals surface area contributed by atoms with Crippen LogP contribution in [0.1, 0.15) is 10.4 Å². The van der Waals surface area contributed by atoms with Crippen LogP contribution in [0.4, 0.5) is 10.1 Å². The van der Waals surface area contributed by atoms with E-state index in [0.717, 1.165) is 6.20 Å². The number of ether oxygens (including phenoxy) is 1. The molecule has 2 heterocycles. The lowest BCUT2D eigenvalue weighted by atomic mass is 10.3. The molecule has 0 aromatic carbocycles. The Bertz CT molecular complexity index is 718. The number of amides is 1. The van der Waals surface area contributed by atoms with Crippen LogP contribution in [0, 0.1) is 10.1 Å². The van der Waals surface area contributed by atoms with Crippen molar-refractivity contribution in [2.45, 2.75) is 0 Å². The number of carbonyl (C=O) groups excluding carboxylic acids is 2. The topological polar surface area (TPSA) is 124 Å². The summed E-state index contributed by atoms with van der Waals surface area (Å²) < 4.78 is 4.77. The summed E-state index contributed by atoms with van der Waals surface area (Å²) in [7, 11) is 0. The summed E-state index contributed by atoms with van der Waals surface area (Å²) in [6.45, 7) is -0.561. The van der Waals surface area contributed by atoms with E-state index in [-0.39, 0.29) is 20.8 Å². The molecule has 0 spiro atoms. The van der Waals surface area contributed by atoms with Crippen LogP contribution in [0.5, 0.6) is 0 Å². The highest BCUT2D eigenvalue weighted by Gasteiger charge is 2.15. The molecule has 22 heavy (non-hydrogen) atoms. The summed E-state index contributed by atoms with van der Waals surface area (Å²) in [5.74, 6) is -1.41. The van der Waals surface area contributed by atoms with Crippen molar-refractivity contribution in [1.82, 2.24) is 9.97 Å². The van der Waals surface area contributed by atoms with Crippen molar-refractivity contribution >= 4 is 44.9 Å². The fourth-order valence-corrected chi connectivity index (χ4v) is 2.03. The minimum Gasteiger partial charge on any atom is -0.452 e. The molecule has 9 nitrogen and oxygen atoms in total. The molecule has 2 rings (SSSR count). The lowest BCUT2D eigenvalue weighted by Crippen LogP contribution is -2.20. The number of nitrogens with zero attached hydrogens (tertiary/aromatic N) is 3. The molecule has 0 radical (unpaired) electrons. The summed E-state index contributed by atoms with van der Waals surface area (Å²) >= 11 is 6.27. The Morgan fingerprint density at radius 2 is 2.14 bits per heavy atom. The normalized spacial score (nSPS) is 10.0. The number of carbonyl (C=O) groups is 2. The zero-order valence-electron chi connectivity index (χ0n) is 10.7. The van der Waals surface area contributed by atoms with E-state index in [1.165, 1.54) is 18.3 Å². The summed E-state index contributed by atoms with van der Waals surface area (Å²) in [5.41, 5.74) is 0.141. The summed E-state index contributed by atoms with van der Waals surface area (Å²) in [6.07, 6.45) is 2.23. The van der Waals surface area contributed by atoms with Crippen LogP contribution in [0.15, 0.2) is 24.5 Å². The van der Waals surface area contributed by atoms with E-state index in [1.807, 2.05) is 0 Å². The van der Waals surface area contributed by atoms with Crippen molar-refractivity contribution in [1.29, 1.82) is 0 Å². The quantitative estimate of drug-likeness (QED) is 0.380. The minimum atomic E-state index is -0.746. The van der Waals surface area contributed by atoms with Gasteiger partial charge >= 0.3 is 11.0 Å². The van der Waals surface area contributed by atoms with Gasteiger partial charge in [-0.15, -0.1) is 0 Å². The van der Waals surface area contributed by atoms with Crippen LogP contribution in [-0.4, -0.2) is 33.4 Å². The molecule has 0 saturated carbocycles. The van der Waals surface area contributed by atoms with Gasteiger partial charge in [-0.1, -0.05) is 11.6 Å². The van der Waals surface area contributed by atoms with Crippen molar-refractivity contribution in [3.63, 3.8) is 0 Å². The van der Waals surface area contributed by atoms with Crippen LogP contribution in [0.3, 0.4) is 0 Å². The van der Waals surface area contributed by atoms with Crippen molar-refractivity contribution in [3.8, 4) is 0 Å². The van der Waals surface area contributed by atoms with Crippen LogP contribution in [-0.2, 0) is 9.53 Å². The van der Waals surface area contributed by atoms with Gasteiger partial charge in [-0.05, 0) is 23.5 Å². The number of hydrogen-bond acceptors (Lipinski definition) is 8. The van der Waals surface area contributed by atoms with Crippen molar-refractivity contribution in [3.05, 3.63) is 45.4 Å². The number of nitrogens with one attached hydrogen (secondary N) is 1. The molecule has 114 valence electrons. The molecular weight excluding hydrogens is 336 g/mol. The standard InChI is InChI=1S/C11H7ClN4O5S/c12-7-2-1-6(3-13-7)10(18)21-5-8(17)15-11-14-4-9(22-11)16(19)20/h1-4H,5H2,(H,14,15,17). The Hall–Kier alpha value is -2.59. The molecule has 0 aliphatic heterocycles. The van der Waals surface area contributed by atoms with Gasteiger partial charge in [-0.2, -0.15) is 0 Å². The lowest BCUT2D eigenvalue weighted by Gasteiger charge is -2.04. The molecule has 0 aliphatic rings. The van der Waals surface area contributed by atoms with Crippen molar-refractivity contribution in [2.75, 3.05) is 11.9 Å². The number of rotatable bonds is 5. The summed E-state index contributed by atoms with van der Waals surface area (Å²) in [6, 6.07) is 2.81. The number of nitro groups is 1. The lowest BCUT2D eigenvalue weighted by molar-refractivity contribution is -0.380. The Morgan fingerprint density at radius 3 is 2.73 bits per heavy atom. The number of pyridine rings is 1. The monoisotopic (exact) mass is 342 g/mol. The number of halogens is 1. The maximum absolute atomic E-state index is 11.6. The van der Waals surface area contributed by atoms with Crippen LogP contribution < -0.4 is 5.32 Å². The predicted molar refractivity (Wildman–Crippen MR) is 76.9 cm³/mol. The van der Waals surface area contributed by atoms with Crippen molar-refractivity contribution in [2.24, 2.45) is 0 Å². The first kappa shape index (κ1) is 15.8. The molecule has 2 aromatic heterocycles. The van der Waals surface area contributed by atoms with E-state index < -0.39 is 23.4 Å². The van der Waals surface area contributed by atoms with Gasteiger partial charge in [0.15, 0.2) is 11.7 Å². The van der Waals surface area contributed by atoms with E-state index in [0.29, 0.717) is 11.3 Å². The SMILES string of the molecule is O=C(COC(=O)c1ccc(Cl)nc1)Nc1ncc([N+](=O)[O-])s1. The third kappa shape index (κ3) is 4.20. The Morgan fingerprint density at radius 1 is 1.36 bits per heavy atom. The van der Waals surface area contributed by atoms with Crippen molar-refractivity contribution < 1.29 is 19.2 Å². The number of anilines is 1. The summed E-state index contributed by atoms with van der Waals surface area (Å²) in [5, 5.41) is 12.8. The number of hydrogen-bond donors (Lipinski definition) is 1. The Kier molecular flexibility index (Phi) is 4.96. The molecule has 1 N–H and O–H groups in total. The second-order valence-electron chi connectivity index (χ2n) is 3.75. The third-order valence-electron chi connectivity index (χ3n) is 2.22. The van der Waals surface area contributed by atoms with Crippen LogP contribution in [0.2, 0.25) is 5.15 Å². The fraction of sp³-hybridized carbons (Fsp3) is 0.0909. The predicted octanol–water partition coefficient (Wildman–Crippen LogP) is 1.90. The molecule has 0 atom stereocenters. The number of esters is 1. The smallest absolute Gasteiger partial charge is 0.345 e. The summed E-state index contributed by atoms with van der Waals surface area (Å²) in [4.78, 5) is 40.4. The van der Waals surface area contributed by atoms with Gasteiger partial charge in [0.25, 0.3) is 5.91 Å². The minimum absolute atomic E-state index is 0.0425. The first-order valence-electron chi connectivity index (χ1n) is 5.64. The highest BCUT2D eigenvalue weighted by atomic mass is 35.5. The third-order valence-corrected chi connectivity index (χ3v) is 3.31. The zero-order valence-corrected chi connectivity index (χ0v) is 12.3. The second-order valence-corrected chi connectivity index (χ2v) is 5.15. The van der Waals surface area contributed by atoms with E-state index in [4.69, 9.17) is 16.3 Å². The molecule has 0 fully saturated rings. The highest BCUT2D eigenvalue weighted by Crippen LogP contribution is 2.24. The fourth-order valence-electron chi connectivity index (χ4n) is 1.27. The van der Waals surface area contributed by atoms with Gasteiger partial charge in [-0.25, -0.2) is 14.8 Å². The second kappa shape index (κ2) is 6.91. The van der Waals surface area contributed by atoms with E-state index >= 15 is 0 Å². The van der Waals surface area contributed by atoms with Gasteiger partial charge in [0.05, 0.1) is 10.5 Å². The number of aromatic nitrogens is 2. The zero-order chi connectivity index (χ0) is 16.1. The first-order valence-corrected chi connectivity index (χ1v) is 6.84. The highest BCUT2D eigenvalue weighted by molar-refractivity contribution is 7.18. The first-order chi connectivity index (χ1) is 10.5. The molecule has 0 unspecified atom stereocenters. The molecule has 0 bridgehead atoms. The van der Waals surface area contributed by atoms with Crippen LogP contribution >= 0.6 is 22.9 Å². The van der Waals surface area contributed by atoms with Gasteiger partial charge in [-0.3, -0.25) is 20.2 Å². The molecular formula is C11H7ClN4O5S. The van der Waals surface area contributed by atoms with E-state index in [9.17, 15) is 19.7 Å². The molecule has 11 heteroatoms. The molecule has 0 saturated heterocycles. The number of thiazole rings is 1. The largest absolute Gasteiger partial charge is 0.452 e. The van der Waals surface area contributed by atoms with Gasteiger partial charge in [0.2, 0.25) is 0 Å². The Balaban J connectivity index is 1.85. The van der Waals surface area contributed by atoms with Gasteiger partial charge in [0.1, 0.15) is 11.3 Å².